The van der Waals surface area contributed by atoms with E-state index >= 15 is 0 Å². The summed E-state index contributed by atoms with van der Waals surface area (Å²) in [7, 11) is 0. The van der Waals surface area contributed by atoms with E-state index in [1.807, 2.05) is 30.3 Å². The van der Waals surface area contributed by atoms with Crippen LogP contribution in [0.1, 0.15) is 16.1 Å². The van der Waals surface area contributed by atoms with Crippen LogP contribution in [0.25, 0.3) is 0 Å². The van der Waals surface area contributed by atoms with Gasteiger partial charge in [0, 0.05) is 6.54 Å². The third-order valence-electron chi connectivity index (χ3n) is 2.09. The van der Waals surface area contributed by atoms with E-state index in [1.54, 1.807) is 12.1 Å². The van der Waals surface area contributed by atoms with E-state index in [0.29, 0.717) is 6.54 Å². The molecular weight excluding hydrogens is 226 g/mol. The number of carbonyl (C=O) groups excluding carboxylic acids is 1. The highest BCUT2D eigenvalue weighted by molar-refractivity contribution is 6.29. The lowest BCUT2D eigenvalue weighted by molar-refractivity contribution is 0.0923. The first kappa shape index (κ1) is 10.8. The van der Waals surface area contributed by atoms with Gasteiger partial charge in [-0.2, -0.15) is 0 Å². The van der Waals surface area contributed by atoms with Gasteiger partial charge in [-0.3, -0.25) is 4.79 Å². The summed E-state index contributed by atoms with van der Waals surface area (Å²) in [6, 6.07) is 12.7. The van der Waals surface area contributed by atoms with Crippen molar-refractivity contribution in [2.45, 2.75) is 6.54 Å². The molecule has 3 nitrogen and oxygen atoms in total. The summed E-state index contributed by atoms with van der Waals surface area (Å²) in [6.07, 6.45) is 0. The molecule has 16 heavy (non-hydrogen) atoms. The van der Waals surface area contributed by atoms with Crippen LogP contribution in [0, 0.1) is 0 Å². The van der Waals surface area contributed by atoms with Crippen LogP contribution < -0.4 is 5.32 Å². The van der Waals surface area contributed by atoms with Crippen LogP contribution in [0.15, 0.2) is 46.9 Å². The largest absolute Gasteiger partial charge is 0.440 e. The van der Waals surface area contributed by atoms with E-state index in [0.717, 1.165) is 5.56 Å². The molecule has 82 valence electrons. The molecule has 0 aliphatic heterocycles. The fraction of sp³-hybridized carbons (Fsp3) is 0.0833. The Morgan fingerprint density at radius 1 is 1.19 bits per heavy atom. The van der Waals surface area contributed by atoms with Gasteiger partial charge in [0.15, 0.2) is 11.0 Å². The van der Waals surface area contributed by atoms with Crippen LogP contribution >= 0.6 is 11.6 Å². The van der Waals surface area contributed by atoms with Crippen molar-refractivity contribution in [2.75, 3.05) is 0 Å². The fourth-order valence-corrected chi connectivity index (χ4v) is 1.45. The summed E-state index contributed by atoms with van der Waals surface area (Å²) < 4.78 is 4.99. The minimum Gasteiger partial charge on any atom is -0.440 e. The number of amides is 1. The molecule has 0 aliphatic carbocycles. The number of nitrogens with one attached hydrogen (secondary N) is 1. The molecule has 4 heteroatoms. The molecule has 0 aliphatic rings. The van der Waals surface area contributed by atoms with E-state index in [2.05, 4.69) is 5.32 Å². The van der Waals surface area contributed by atoms with Crippen molar-refractivity contribution in [3.05, 3.63) is 59.0 Å². The van der Waals surface area contributed by atoms with Crippen molar-refractivity contribution in [3.63, 3.8) is 0 Å². The third kappa shape index (κ3) is 2.64. The molecular formula is C12H10ClNO2. The van der Waals surface area contributed by atoms with Crippen molar-refractivity contribution in [1.82, 2.24) is 5.32 Å². The molecule has 1 heterocycles. The highest BCUT2D eigenvalue weighted by Crippen LogP contribution is 2.12. The molecule has 0 unspecified atom stereocenters. The normalized spacial score (nSPS) is 10.1. The number of furan rings is 1. The number of hydrogen-bond donors (Lipinski definition) is 1. The SMILES string of the molecule is O=C(NCc1ccccc1)c1ccc(Cl)o1. The van der Waals surface area contributed by atoms with Crippen LogP contribution in [0.2, 0.25) is 5.22 Å². The van der Waals surface area contributed by atoms with Gasteiger partial charge in [0.2, 0.25) is 0 Å². The van der Waals surface area contributed by atoms with Crippen LogP contribution in [-0.2, 0) is 6.54 Å². The van der Waals surface area contributed by atoms with E-state index in [9.17, 15) is 4.79 Å². The molecule has 2 rings (SSSR count). The molecule has 0 saturated carbocycles. The minimum atomic E-state index is -0.268. The van der Waals surface area contributed by atoms with Gasteiger partial charge in [-0.15, -0.1) is 0 Å². The monoisotopic (exact) mass is 235 g/mol. The lowest BCUT2D eigenvalue weighted by atomic mass is 10.2. The second kappa shape index (κ2) is 4.86. The zero-order chi connectivity index (χ0) is 11.4. The Hall–Kier alpha value is -1.74. The smallest absolute Gasteiger partial charge is 0.287 e. The number of benzene rings is 1. The maximum Gasteiger partial charge on any atom is 0.287 e. The Kier molecular flexibility index (Phi) is 3.27. The van der Waals surface area contributed by atoms with Gasteiger partial charge in [0.25, 0.3) is 5.91 Å². The van der Waals surface area contributed by atoms with Gasteiger partial charge in [-0.25, -0.2) is 0 Å². The highest BCUT2D eigenvalue weighted by Gasteiger charge is 2.09. The van der Waals surface area contributed by atoms with Crippen LogP contribution in [0.4, 0.5) is 0 Å². The van der Waals surface area contributed by atoms with Crippen molar-refractivity contribution in [2.24, 2.45) is 0 Å². The van der Waals surface area contributed by atoms with Crippen molar-refractivity contribution >= 4 is 17.5 Å². The van der Waals surface area contributed by atoms with Crippen molar-refractivity contribution in [3.8, 4) is 0 Å². The molecule has 0 bridgehead atoms. The van der Waals surface area contributed by atoms with Gasteiger partial charge in [0.1, 0.15) is 0 Å². The standard InChI is InChI=1S/C12H10ClNO2/c13-11-7-6-10(16-11)12(15)14-8-9-4-2-1-3-5-9/h1-7H,8H2,(H,14,15). The number of rotatable bonds is 3. The lowest BCUT2D eigenvalue weighted by Gasteiger charge is -2.02. The van der Waals surface area contributed by atoms with Crippen LogP contribution in [-0.4, -0.2) is 5.91 Å². The first-order chi connectivity index (χ1) is 7.75. The molecule has 0 saturated heterocycles. The van der Waals surface area contributed by atoms with Gasteiger partial charge in [-0.1, -0.05) is 30.3 Å². The number of hydrogen-bond acceptors (Lipinski definition) is 2. The molecule has 0 radical (unpaired) electrons. The zero-order valence-electron chi connectivity index (χ0n) is 8.44. The lowest BCUT2D eigenvalue weighted by Crippen LogP contribution is -2.22. The Labute approximate surface area is 98.0 Å². The average Bonchev–Trinajstić information content (AvgIpc) is 2.74. The molecule has 1 aromatic heterocycles. The predicted octanol–water partition coefficient (Wildman–Crippen LogP) is 2.86. The van der Waals surface area contributed by atoms with E-state index < -0.39 is 0 Å². The molecule has 2 aromatic rings. The summed E-state index contributed by atoms with van der Waals surface area (Å²) in [4.78, 5) is 11.6. The van der Waals surface area contributed by atoms with Gasteiger partial charge in [-0.05, 0) is 29.3 Å². The molecule has 1 N–H and O–H groups in total. The summed E-state index contributed by atoms with van der Waals surface area (Å²) in [5.41, 5.74) is 1.04. The van der Waals surface area contributed by atoms with Crippen molar-refractivity contribution in [1.29, 1.82) is 0 Å². The molecule has 1 amide bonds. The maximum absolute atomic E-state index is 11.6. The first-order valence-corrected chi connectivity index (χ1v) is 5.21. The van der Waals surface area contributed by atoms with E-state index in [-0.39, 0.29) is 16.9 Å². The maximum atomic E-state index is 11.6. The summed E-state index contributed by atoms with van der Waals surface area (Å²) in [5, 5.41) is 2.95. The first-order valence-electron chi connectivity index (χ1n) is 4.83. The van der Waals surface area contributed by atoms with Crippen LogP contribution in [0.5, 0.6) is 0 Å². The number of halogens is 1. The van der Waals surface area contributed by atoms with E-state index in [1.165, 1.54) is 0 Å². The highest BCUT2D eigenvalue weighted by atomic mass is 35.5. The fourth-order valence-electron chi connectivity index (χ4n) is 1.30. The molecule has 0 fully saturated rings. The summed E-state index contributed by atoms with van der Waals surface area (Å²) in [6.45, 7) is 0.470. The topological polar surface area (TPSA) is 42.2 Å². The minimum absolute atomic E-state index is 0.213. The average molecular weight is 236 g/mol. The Bertz CT molecular complexity index is 479. The third-order valence-corrected chi connectivity index (χ3v) is 2.30. The van der Waals surface area contributed by atoms with Gasteiger partial charge < -0.3 is 9.73 Å². The second-order valence-electron chi connectivity index (χ2n) is 3.27. The molecule has 1 aromatic carbocycles. The summed E-state index contributed by atoms with van der Waals surface area (Å²) in [5.74, 6) is -0.0447. The Balaban J connectivity index is 1.94. The van der Waals surface area contributed by atoms with Crippen molar-refractivity contribution < 1.29 is 9.21 Å². The quantitative estimate of drug-likeness (QED) is 0.889. The summed E-state index contributed by atoms with van der Waals surface area (Å²) >= 11 is 5.57. The molecule has 0 atom stereocenters. The zero-order valence-corrected chi connectivity index (χ0v) is 9.20. The second-order valence-corrected chi connectivity index (χ2v) is 3.64. The van der Waals surface area contributed by atoms with Gasteiger partial charge in [0.05, 0.1) is 0 Å². The van der Waals surface area contributed by atoms with Gasteiger partial charge >= 0.3 is 0 Å². The van der Waals surface area contributed by atoms with E-state index in [4.69, 9.17) is 16.0 Å². The number of carbonyl (C=O) groups is 1. The Morgan fingerprint density at radius 3 is 2.56 bits per heavy atom. The van der Waals surface area contributed by atoms with Crippen LogP contribution in [0.3, 0.4) is 0 Å². The molecule has 0 spiro atoms. The predicted molar refractivity (Wildman–Crippen MR) is 61.3 cm³/mol. The Morgan fingerprint density at radius 2 is 1.94 bits per heavy atom.